The van der Waals surface area contributed by atoms with Gasteiger partial charge in [-0.25, -0.2) is 0 Å². The van der Waals surface area contributed by atoms with Gasteiger partial charge >= 0.3 is 0 Å². The Morgan fingerprint density at radius 3 is 2.83 bits per heavy atom. The largest absolute Gasteiger partial charge is 0.381 e. The third-order valence-corrected chi connectivity index (χ3v) is 5.10. The summed E-state index contributed by atoms with van der Waals surface area (Å²) in [7, 11) is 0. The van der Waals surface area contributed by atoms with E-state index in [4.69, 9.17) is 4.74 Å². The van der Waals surface area contributed by atoms with E-state index in [1.54, 1.807) is 0 Å². The zero-order valence-electron chi connectivity index (χ0n) is 14.0. The number of hydrogen-bond donors (Lipinski definition) is 1. The minimum absolute atomic E-state index is 0.0540. The maximum atomic E-state index is 12.4. The topological polar surface area (TPSA) is 41.6 Å². The predicted octanol–water partition coefficient (Wildman–Crippen LogP) is 2.44. The molecule has 3 atom stereocenters. The van der Waals surface area contributed by atoms with E-state index < -0.39 is 0 Å². The van der Waals surface area contributed by atoms with E-state index in [1.165, 1.54) is 5.56 Å². The molecule has 2 aliphatic rings. The van der Waals surface area contributed by atoms with E-state index >= 15 is 0 Å². The van der Waals surface area contributed by atoms with Crippen LogP contribution in [0.1, 0.15) is 31.7 Å². The van der Waals surface area contributed by atoms with Gasteiger partial charge in [0, 0.05) is 32.3 Å². The number of rotatable bonds is 4. The van der Waals surface area contributed by atoms with E-state index in [9.17, 15) is 4.79 Å². The molecule has 23 heavy (non-hydrogen) atoms. The van der Waals surface area contributed by atoms with Crippen LogP contribution in [-0.4, -0.2) is 43.2 Å². The molecule has 2 saturated heterocycles. The Morgan fingerprint density at radius 1 is 1.30 bits per heavy atom. The average Bonchev–Trinajstić information content (AvgIpc) is 2.59. The molecule has 1 N–H and O–H groups in total. The highest BCUT2D eigenvalue weighted by Crippen LogP contribution is 2.20. The Bertz CT molecular complexity index is 499. The molecule has 0 unspecified atom stereocenters. The fourth-order valence-electron chi connectivity index (χ4n) is 3.68. The first-order valence-electron chi connectivity index (χ1n) is 8.87. The van der Waals surface area contributed by atoms with Gasteiger partial charge in [-0.05, 0) is 30.7 Å². The van der Waals surface area contributed by atoms with Crippen molar-refractivity contribution in [3.8, 4) is 0 Å². The predicted molar refractivity (Wildman–Crippen MR) is 91.0 cm³/mol. The molecule has 2 fully saturated rings. The van der Waals surface area contributed by atoms with Crippen LogP contribution >= 0.6 is 0 Å². The molecule has 0 aromatic heterocycles. The van der Waals surface area contributed by atoms with Crippen LogP contribution in [0, 0.1) is 11.8 Å². The van der Waals surface area contributed by atoms with Crippen LogP contribution in [0.25, 0.3) is 0 Å². The van der Waals surface area contributed by atoms with Crippen molar-refractivity contribution >= 4 is 5.91 Å². The van der Waals surface area contributed by atoms with Crippen molar-refractivity contribution < 1.29 is 9.53 Å². The number of carbonyl (C=O) groups excluding carboxylic acids is 1. The molecule has 2 heterocycles. The molecular weight excluding hydrogens is 288 g/mol. The van der Waals surface area contributed by atoms with Gasteiger partial charge in [0.25, 0.3) is 0 Å². The van der Waals surface area contributed by atoms with Crippen molar-refractivity contribution in [1.82, 2.24) is 10.2 Å². The van der Waals surface area contributed by atoms with Gasteiger partial charge in [0.15, 0.2) is 0 Å². The van der Waals surface area contributed by atoms with Crippen molar-refractivity contribution in [2.75, 3.05) is 26.3 Å². The van der Waals surface area contributed by atoms with Crippen LogP contribution in [0.15, 0.2) is 30.3 Å². The van der Waals surface area contributed by atoms with Crippen LogP contribution < -0.4 is 5.32 Å². The molecule has 2 aliphatic heterocycles. The molecule has 0 saturated carbocycles. The van der Waals surface area contributed by atoms with Gasteiger partial charge in [0.05, 0.1) is 12.5 Å². The lowest BCUT2D eigenvalue weighted by Crippen LogP contribution is -2.51. The molecule has 0 radical (unpaired) electrons. The Hall–Kier alpha value is -1.39. The summed E-state index contributed by atoms with van der Waals surface area (Å²) in [5, 5.41) is 3.28. The van der Waals surface area contributed by atoms with Gasteiger partial charge in [-0.1, -0.05) is 37.3 Å². The first kappa shape index (κ1) is 16.5. The van der Waals surface area contributed by atoms with Gasteiger partial charge < -0.3 is 10.1 Å². The van der Waals surface area contributed by atoms with E-state index in [2.05, 4.69) is 47.5 Å². The second-order valence-corrected chi connectivity index (χ2v) is 7.02. The van der Waals surface area contributed by atoms with Crippen molar-refractivity contribution in [2.45, 2.75) is 38.8 Å². The minimum atomic E-state index is 0.0540. The molecule has 1 aromatic rings. The molecule has 0 spiro atoms. The van der Waals surface area contributed by atoms with Gasteiger partial charge in [0.2, 0.25) is 5.91 Å². The number of ether oxygens (including phenoxy) is 1. The normalized spacial score (nSPS) is 29.2. The molecule has 1 amide bonds. The van der Waals surface area contributed by atoms with Crippen LogP contribution in [0.5, 0.6) is 0 Å². The zero-order chi connectivity index (χ0) is 16.1. The number of amides is 1. The Labute approximate surface area is 139 Å². The van der Waals surface area contributed by atoms with E-state index in [-0.39, 0.29) is 11.8 Å². The van der Waals surface area contributed by atoms with Crippen molar-refractivity contribution in [3.63, 3.8) is 0 Å². The molecule has 3 rings (SSSR count). The lowest BCUT2D eigenvalue weighted by atomic mass is 9.92. The lowest BCUT2D eigenvalue weighted by molar-refractivity contribution is -0.130. The quantitative estimate of drug-likeness (QED) is 0.928. The minimum Gasteiger partial charge on any atom is -0.381 e. The summed E-state index contributed by atoms with van der Waals surface area (Å²) in [6, 6.07) is 10.9. The fourth-order valence-corrected chi connectivity index (χ4v) is 3.68. The molecule has 1 aromatic carbocycles. The molecule has 4 nitrogen and oxygen atoms in total. The number of hydrogen-bond acceptors (Lipinski definition) is 3. The first-order valence-corrected chi connectivity index (χ1v) is 8.87. The van der Waals surface area contributed by atoms with E-state index in [1.807, 2.05) is 0 Å². The van der Waals surface area contributed by atoms with Crippen molar-refractivity contribution in [2.24, 2.45) is 11.8 Å². The summed E-state index contributed by atoms with van der Waals surface area (Å²) in [6.07, 6.45) is 3.00. The summed E-state index contributed by atoms with van der Waals surface area (Å²) in [6.45, 7) is 6.74. The maximum Gasteiger partial charge on any atom is 0.225 e. The number of benzene rings is 1. The lowest BCUT2D eigenvalue weighted by Gasteiger charge is -2.38. The van der Waals surface area contributed by atoms with Gasteiger partial charge in [-0.3, -0.25) is 9.69 Å². The third-order valence-electron chi connectivity index (χ3n) is 5.10. The number of likely N-dealkylation sites (tertiary alicyclic amines) is 1. The molecule has 0 bridgehead atoms. The SMILES string of the molecule is C[C@@H]1CN(Cc2ccccc2)CC[C@H]1NC(=O)[C@H]1CCCOC1. The van der Waals surface area contributed by atoms with Gasteiger partial charge in [-0.2, -0.15) is 0 Å². The molecule has 126 valence electrons. The molecule has 0 aliphatic carbocycles. The number of nitrogens with one attached hydrogen (secondary N) is 1. The Morgan fingerprint density at radius 2 is 2.13 bits per heavy atom. The highest BCUT2D eigenvalue weighted by Gasteiger charge is 2.30. The fraction of sp³-hybridized carbons (Fsp3) is 0.632. The van der Waals surface area contributed by atoms with Crippen molar-refractivity contribution in [3.05, 3.63) is 35.9 Å². The standard InChI is InChI=1S/C19H28N2O2/c1-15-12-21(13-16-6-3-2-4-7-16)10-9-18(15)20-19(22)17-8-5-11-23-14-17/h2-4,6-7,15,17-18H,5,8-14H2,1H3,(H,20,22)/t15-,17+,18-/m1/s1. The number of nitrogens with zero attached hydrogens (tertiary/aromatic N) is 1. The Kier molecular flexibility index (Phi) is 5.68. The smallest absolute Gasteiger partial charge is 0.225 e. The Balaban J connectivity index is 1.47. The third kappa shape index (κ3) is 4.55. The second kappa shape index (κ2) is 7.93. The summed E-state index contributed by atoms with van der Waals surface area (Å²) >= 11 is 0. The summed E-state index contributed by atoms with van der Waals surface area (Å²) in [4.78, 5) is 14.9. The van der Waals surface area contributed by atoms with E-state index in [0.717, 1.165) is 45.5 Å². The molecular formula is C19H28N2O2. The van der Waals surface area contributed by atoms with Crippen LogP contribution in [-0.2, 0) is 16.1 Å². The van der Waals surface area contributed by atoms with Crippen LogP contribution in [0.3, 0.4) is 0 Å². The second-order valence-electron chi connectivity index (χ2n) is 7.02. The van der Waals surface area contributed by atoms with E-state index in [0.29, 0.717) is 18.6 Å². The summed E-state index contributed by atoms with van der Waals surface area (Å²) < 4.78 is 5.43. The first-order chi connectivity index (χ1) is 11.2. The zero-order valence-corrected chi connectivity index (χ0v) is 14.0. The van der Waals surface area contributed by atoms with Gasteiger partial charge in [0.1, 0.15) is 0 Å². The summed E-state index contributed by atoms with van der Waals surface area (Å²) in [5.41, 5.74) is 1.36. The van der Waals surface area contributed by atoms with Crippen LogP contribution in [0.4, 0.5) is 0 Å². The van der Waals surface area contributed by atoms with Crippen LogP contribution in [0.2, 0.25) is 0 Å². The monoisotopic (exact) mass is 316 g/mol. The summed E-state index contributed by atoms with van der Waals surface area (Å²) in [5.74, 6) is 0.734. The number of carbonyl (C=O) groups is 1. The number of piperidine rings is 1. The highest BCUT2D eigenvalue weighted by molar-refractivity contribution is 5.79. The average molecular weight is 316 g/mol. The van der Waals surface area contributed by atoms with Gasteiger partial charge in [-0.15, -0.1) is 0 Å². The maximum absolute atomic E-state index is 12.4. The molecule has 4 heteroatoms. The van der Waals surface area contributed by atoms with Crippen molar-refractivity contribution in [1.29, 1.82) is 0 Å². The highest BCUT2D eigenvalue weighted by atomic mass is 16.5.